The monoisotopic (exact) mass is 275 g/mol. The van der Waals surface area contributed by atoms with E-state index in [1.54, 1.807) is 13.8 Å². The molecule has 0 bridgehead atoms. The minimum absolute atomic E-state index is 0.0142. The summed E-state index contributed by atoms with van der Waals surface area (Å²) < 4.78 is 26.2. The molecule has 3 N–H and O–H groups in total. The average molecular weight is 275 g/mol. The number of aryl methyl sites for hydroxylation is 1. The summed E-state index contributed by atoms with van der Waals surface area (Å²) in [6.07, 6.45) is 1.78. The first-order valence-corrected chi connectivity index (χ1v) is 7.34. The fraction of sp³-hybridized carbons (Fsp3) is 0.727. The first-order chi connectivity index (χ1) is 8.12. The lowest BCUT2D eigenvalue weighted by Crippen LogP contribution is -2.41. The van der Waals surface area contributed by atoms with Crippen LogP contribution in [0.25, 0.3) is 0 Å². The molecule has 0 aliphatic heterocycles. The number of aliphatic hydroxyl groups is 1. The van der Waals surface area contributed by atoms with Crippen molar-refractivity contribution in [3.05, 3.63) is 12.0 Å². The van der Waals surface area contributed by atoms with Crippen LogP contribution < -0.4 is 4.72 Å². The van der Waals surface area contributed by atoms with Gasteiger partial charge in [-0.25, -0.2) is 18.1 Å². The zero-order valence-corrected chi connectivity index (χ0v) is 12.0. The maximum atomic E-state index is 11.9. The summed E-state index contributed by atoms with van der Waals surface area (Å²) in [5, 5.41) is 10.1. The molecular weight excluding hydrogens is 254 g/mol. The van der Waals surface area contributed by atoms with Crippen LogP contribution in [0.15, 0.2) is 11.2 Å². The number of imidazole rings is 1. The highest BCUT2D eigenvalue weighted by molar-refractivity contribution is 7.89. The van der Waals surface area contributed by atoms with Gasteiger partial charge >= 0.3 is 0 Å². The van der Waals surface area contributed by atoms with E-state index >= 15 is 0 Å². The molecule has 0 saturated carbocycles. The fourth-order valence-electron chi connectivity index (χ4n) is 1.81. The van der Waals surface area contributed by atoms with Crippen molar-refractivity contribution in [2.45, 2.75) is 44.7 Å². The Bertz CT molecular complexity index is 491. The van der Waals surface area contributed by atoms with Gasteiger partial charge in [-0.2, -0.15) is 0 Å². The van der Waals surface area contributed by atoms with Gasteiger partial charge in [-0.3, -0.25) is 0 Å². The molecule has 0 spiro atoms. The zero-order chi connectivity index (χ0) is 14.0. The van der Waals surface area contributed by atoms with Gasteiger partial charge in [0.15, 0.2) is 5.03 Å². The average Bonchev–Trinajstić information content (AvgIpc) is 2.61. The van der Waals surface area contributed by atoms with E-state index in [2.05, 4.69) is 14.7 Å². The number of aromatic nitrogens is 2. The Hall–Kier alpha value is -0.920. The molecule has 6 nitrogen and oxygen atoms in total. The third-order valence-corrected chi connectivity index (χ3v) is 3.77. The molecule has 0 saturated heterocycles. The van der Waals surface area contributed by atoms with E-state index in [0.29, 0.717) is 18.2 Å². The SMILES string of the molecule is Cc1ncc(S(=O)(=O)NCC(C)(O)CC(C)C)[nH]1. The van der Waals surface area contributed by atoms with Crippen molar-refractivity contribution in [1.82, 2.24) is 14.7 Å². The smallest absolute Gasteiger partial charge is 0.257 e. The largest absolute Gasteiger partial charge is 0.389 e. The molecule has 7 heteroatoms. The predicted molar refractivity (Wildman–Crippen MR) is 68.6 cm³/mol. The molecule has 1 rings (SSSR count). The number of nitrogens with one attached hydrogen (secondary N) is 2. The summed E-state index contributed by atoms with van der Waals surface area (Å²) in [6, 6.07) is 0. The molecule has 1 unspecified atom stereocenters. The van der Waals surface area contributed by atoms with Crippen molar-refractivity contribution >= 4 is 10.0 Å². The highest BCUT2D eigenvalue weighted by Gasteiger charge is 2.25. The van der Waals surface area contributed by atoms with Gasteiger partial charge in [0.05, 0.1) is 11.8 Å². The number of hydrogen-bond donors (Lipinski definition) is 3. The summed E-state index contributed by atoms with van der Waals surface area (Å²) in [6.45, 7) is 7.22. The van der Waals surface area contributed by atoms with Crippen LogP contribution in [-0.2, 0) is 10.0 Å². The van der Waals surface area contributed by atoms with Crippen LogP contribution in [0.3, 0.4) is 0 Å². The third-order valence-electron chi connectivity index (χ3n) is 2.46. The summed E-state index contributed by atoms with van der Waals surface area (Å²) >= 11 is 0. The van der Waals surface area contributed by atoms with E-state index in [9.17, 15) is 13.5 Å². The van der Waals surface area contributed by atoms with E-state index in [-0.39, 0.29) is 11.6 Å². The van der Waals surface area contributed by atoms with E-state index in [4.69, 9.17) is 0 Å². The van der Waals surface area contributed by atoms with Crippen molar-refractivity contribution in [3.63, 3.8) is 0 Å². The van der Waals surface area contributed by atoms with E-state index < -0.39 is 15.6 Å². The highest BCUT2D eigenvalue weighted by Crippen LogP contribution is 2.16. The third kappa shape index (κ3) is 4.40. The van der Waals surface area contributed by atoms with Crippen LogP contribution >= 0.6 is 0 Å². The summed E-state index contributed by atoms with van der Waals surface area (Å²) in [5.41, 5.74) is -1.06. The van der Waals surface area contributed by atoms with Crippen LogP contribution in [0, 0.1) is 12.8 Å². The van der Waals surface area contributed by atoms with Crippen molar-refractivity contribution in [2.24, 2.45) is 5.92 Å². The molecule has 1 heterocycles. The molecule has 0 radical (unpaired) electrons. The standard InChI is InChI=1S/C11H21N3O3S/c1-8(2)5-11(4,15)7-13-18(16,17)10-6-12-9(3)14-10/h6,8,13,15H,5,7H2,1-4H3,(H,12,14). The van der Waals surface area contributed by atoms with Crippen molar-refractivity contribution in [1.29, 1.82) is 0 Å². The second-order valence-electron chi connectivity index (χ2n) is 5.25. The van der Waals surface area contributed by atoms with Crippen molar-refractivity contribution in [2.75, 3.05) is 6.54 Å². The molecule has 1 aromatic rings. The Morgan fingerprint density at radius 1 is 1.56 bits per heavy atom. The normalized spacial score (nSPS) is 15.9. The Balaban J connectivity index is 2.68. The van der Waals surface area contributed by atoms with Gasteiger partial charge in [0, 0.05) is 6.54 Å². The molecule has 0 amide bonds. The zero-order valence-electron chi connectivity index (χ0n) is 11.2. The number of sulfonamides is 1. The highest BCUT2D eigenvalue weighted by atomic mass is 32.2. The molecule has 0 aromatic carbocycles. The first-order valence-electron chi connectivity index (χ1n) is 5.86. The quantitative estimate of drug-likeness (QED) is 0.715. The van der Waals surface area contributed by atoms with Gasteiger partial charge in [-0.15, -0.1) is 0 Å². The number of hydrogen-bond acceptors (Lipinski definition) is 4. The maximum Gasteiger partial charge on any atom is 0.257 e. The van der Waals surface area contributed by atoms with Gasteiger partial charge < -0.3 is 10.1 Å². The number of aromatic amines is 1. The molecule has 0 fully saturated rings. The van der Waals surface area contributed by atoms with Gasteiger partial charge in [0.1, 0.15) is 5.82 Å². The molecule has 1 aromatic heterocycles. The van der Waals surface area contributed by atoms with Crippen molar-refractivity contribution < 1.29 is 13.5 Å². The van der Waals surface area contributed by atoms with Crippen LogP contribution in [-0.4, -0.2) is 35.6 Å². The first kappa shape index (κ1) is 15.1. The Kier molecular flexibility index (Phi) is 4.52. The van der Waals surface area contributed by atoms with E-state index in [1.807, 2.05) is 13.8 Å². The van der Waals surface area contributed by atoms with Gasteiger partial charge in [-0.05, 0) is 26.2 Å². The maximum absolute atomic E-state index is 11.9. The van der Waals surface area contributed by atoms with Crippen molar-refractivity contribution in [3.8, 4) is 0 Å². The molecule has 104 valence electrons. The topological polar surface area (TPSA) is 95.1 Å². The minimum Gasteiger partial charge on any atom is -0.389 e. The molecule has 18 heavy (non-hydrogen) atoms. The molecular formula is C11H21N3O3S. The Morgan fingerprint density at radius 2 is 2.17 bits per heavy atom. The van der Waals surface area contributed by atoms with Crippen LogP contribution in [0.5, 0.6) is 0 Å². The molecule has 0 aliphatic carbocycles. The lowest BCUT2D eigenvalue weighted by Gasteiger charge is -2.25. The Labute approximate surface area is 108 Å². The second kappa shape index (κ2) is 5.38. The summed E-state index contributed by atoms with van der Waals surface area (Å²) in [7, 11) is -3.64. The van der Waals surface area contributed by atoms with Gasteiger partial charge in [0.2, 0.25) is 0 Å². The number of H-pyrrole nitrogens is 1. The number of rotatable bonds is 6. The van der Waals surface area contributed by atoms with Gasteiger partial charge in [0.25, 0.3) is 10.0 Å². The van der Waals surface area contributed by atoms with Crippen LogP contribution in [0.1, 0.15) is 33.0 Å². The fourth-order valence-corrected chi connectivity index (χ4v) is 2.94. The minimum atomic E-state index is -3.64. The summed E-state index contributed by atoms with van der Waals surface area (Å²) in [5.74, 6) is 0.822. The Morgan fingerprint density at radius 3 is 2.61 bits per heavy atom. The van der Waals surface area contributed by atoms with E-state index in [0.717, 1.165) is 0 Å². The molecule has 1 atom stereocenters. The number of nitrogens with zero attached hydrogens (tertiary/aromatic N) is 1. The van der Waals surface area contributed by atoms with Gasteiger partial charge in [-0.1, -0.05) is 13.8 Å². The van der Waals surface area contributed by atoms with Crippen LogP contribution in [0.2, 0.25) is 0 Å². The summed E-state index contributed by atoms with van der Waals surface area (Å²) in [4.78, 5) is 6.49. The molecule has 0 aliphatic rings. The lowest BCUT2D eigenvalue weighted by atomic mass is 9.95. The lowest BCUT2D eigenvalue weighted by molar-refractivity contribution is 0.0436. The van der Waals surface area contributed by atoms with E-state index in [1.165, 1.54) is 6.20 Å². The predicted octanol–water partition coefficient (Wildman–Crippen LogP) is 0.794. The van der Waals surface area contributed by atoms with Crippen LogP contribution in [0.4, 0.5) is 0 Å². The second-order valence-corrected chi connectivity index (χ2v) is 6.99.